The van der Waals surface area contributed by atoms with Gasteiger partial charge in [-0.1, -0.05) is 11.6 Å². The molecule has 1 heterocycles. The van der Waals surface area contributed by atoms with E-state index in [-0.39, 0.29) is 11.6 Å². The zero-order valence-electron chi connectivity index (χ0n) is 10.5. The number of nitrogens with zero attached hydrogens (tertiary/aromatic N) is 3. The van der Waals surface area contributed by atoms with Crippen LogP contribution in [0.1, 0.15) is 25.7 Å². The van der Waals surface area contributed by atoms with Crippen molar-refractivity contribution in [2.24, 2.45) is 5.92 Å². The molecule has 0 saturated heterocycles. The number of rotatable bonds is 4. The number of hydrogen-bond acceptors (Lipinski definition) is 5. The van der Waals surface area contributed by atoms with E-state index in [9.17, 15) is 20.0 Å². The summed E-state index contributed by atoms with van der Waals surface area (Å²) in [5.41, 5.74) is -1.10. The summed E-state index contributed by atoms with van der Waals surface area (Å²) in [6.45, 7) is 0.0624. The molecule has 2 N–H and O–H groups in total. The Bertz CT molecular complexity index is 536. The summed E-state index contributed by atoms with van der Waals surface area (Å²) in [5.74, 6) is -1.75. The molecule has 9 heteroatoms. The molecule has 0 amide bonds. The highest BCUT2D eigenvalue weighted by atomic mass is 35.5. The van der Waals surface area contributed by atoms with Gasteiger partial charge in [0.2, 0.25) is 0 Å². The molecule has 20 heavy (non-hydrogen) atoms. The van der Waals surface area contributed by atoms with Crippen LogP contribution in [-0.2, 0) is 11.3 Å². The summed E-state index contributed by atoms with van der Waals surface area (Å²) in [4.78, 5) is 20.8. The summed E-state index contributed by atoms with van der Waals surface area (Å²) < 4.78 is 1.24. The van der Waals surface area contributed by atoms with Crippen LogP contribution in [0.2, 0.25) is 5.02 Å². The van der Waals surface area contributed by atoms with Crippen LogP contribution < -0.4 is 0 Å². The highest BCUT2D eigenvalue weighted by Crippen LogP contribution is 2.34. The molecule has 2 rings (SSSR count). The van der Waals surface area contributed by atoms with Crippen molar-refractivity contribution >= 4 is 23.4 Å². The molecule has 0 bridgehead atoms. The van der Waals surface area contributed by atoms with E-state index < -0.39 is 28.2 Å². The number of carboxylic acid groups (broad SMARTS) is 1. The second-order valence-electron chi connectivity index (χ2n) is 5.09. The third-order valence-electron chi connectivity index (χ3n) is 3.59. The fourth-order valence-corrected chi connectivity index (χ4v) is 2.67. The van der Waals surface area contributed by atoms with Crippen LogP contribution >= 0.6 is 11.6 Å². The van der Waals surface area contributed by atoms with Gasteiger partial charge in [-0.25, -0.2) is 0 Å². The smallest absolute Gasteiger partial charge is 0.408 e. The Labute approximate surface area is 119 Å². The van der Waals surface area contributed by atoms with Crippen molar-refractivity contribution < 1.29 is 19.9 Å². The van der Waals surface area contributed by atoms with Gasteiger partial charge >= 0.3 is 11.8 Å². The Morgan fingerprint density at radius 2 is 2.20 bits per heavy atom. The van der Waals surface area contributed by atoms with Gasteiger partial charge in [-0.15, -0.1) is 0 Å². The van der Waals surface area contributed by atoms with E-state index in [0.29, 0.717) is 25.7 Å². The molecule has 0 aliphatic heterocycles. The van der Waals surface area contributed by atoms with Gasteiger partial charge in [0, 0.05) is 0 Å². The fourth-order valence-electron chi connectivity index (χ4n) is 2.45. The van der Waals surface area contributed by atoms with E-state index in [0.717, 1.165) is 0 Å². The zero-order valence-corrected chi connectivity index (χ0v) is 11.3. The lowest BCUT2D eigenvalue weighted by atomic mass is 9.79. The first-order chi connectivity index (χ1) is 9.31. The standard InChI is InChI=1S/C11H14ClN3O5/c12-8-5-14(13-9(8)15(19)20)6-11(18)3-1-7(2-4-11)10(16)17/h5,7,18H,1-4,6H2,(H,16,17). The van der Waals surface area contributed by atoms with Crippen molar-refractivity contribution in [3.05, 3.63) is 21.3 Å². The third kappa shape index (κ3) is 3.07. The van der Waals surface area contributed by atoms with Crippen molar-refractivity contribution in [1.29, 1.82) is 0 Å². The van der Waals surface area contributed by atoms with Crippen LogP contribution in [0.3, 0.4) is 0 Å². The van der Waals surface area contributed by atoms with E-state index in [1.54, 1.807) is 0 Å². The topological polar surface area (TPSA) is 118 Å². The minimum atomic E-state index is -1.10. The molecule has 0 atom stereocenters. The monoisotopic (exact) mass is 303 g/mol. The van der Waals surface area contributed by atoms with Gasteiger partial charge in [-0.2, -0.15) is 4.68 Å². The van der Waals surface area contributed by atoms with Crippen LogP contribution in [0.15, 0.2) is 6.20 Å². The second kappa shape index (κ2) is 5.37. The highest BCUT2D eigenvalue weighted by Gasteiger charge is 2.37. The lowest BCUT2D eigenvalue weighted by Crippen LogP contribution is -2.39. The van der Waals surface area contributed by atoms with Gasteiger partial charge in [0.15, 0.2) is 5.02 Å². The summed E-state index contributed by atoms with van der Waals surface area (Å²) in [5, 5.41) is 33.6. The number of aromatic nitrogens is 2. The number of carbonyl (C=O) groups is 1. The van der Waals surface area contributed by atoms with Crippen LogP contribution in [0.25, 0.3) is 0 Å². The molecule has 110 valence electrons. The molecule has 1 aliphatic carbocycles. The maximum Gasteiger partial charge on any atom is 0.408 e. The first kappa shape index (κ1) is 14.7. The number of hydrogen-bond donors (Lipinski definition) is 2. The lowest BCUT2D eigenvalue weighted by molar-refractivity contribution is -0.389. The number of aliphatic hydroxyl groups is 1. The van der Waals surface area contributed by atoms with E-state index in [2.05, 4.69) is 5.10 Å². The van der Waals surface area contributed by atoms with Crippen LogP contribution in [0.4, 0.5) is 5.82 Å². The SMILES string of the molecule is O=C(O)C1CCC(O)(Cn2cc(Cl)c([N+](=O)[O-])n2)CC1. The Kier molecular flexibility index (Phi) is 3.96. The van der Waals surface area contributed by atoms with Gasteiger partial charge in [0.1, 0.15) is 0 Å². The molecular weight excluding hydrogens is 290 g/mol. The molecule has 1 saturated carbocycles. The summed E-state index contributed by atoms with van der Waals surface area (Å²) in [6.07, 6.45) is 2.68. The minimum absolute atomic E-state index is 0.0624. The van der Waals surface area contributed by atoms with Gasteiger partial charge in [-0.05, 0) is 30.6 Å². The maximum atomic E-state index is 10.9. The van der Waals surface area contributed by atoms with Gasteiger partial charge in [-0.3, -0.25) is 4.79 Å². The van der Waals surface area contributed by atoms with E-state index >= 15 is 0 Å². The average molecular weight is 304 g/mol. The quantitative estimate of drug-likeness (QED) is 0.642. The molecule has 1 aliphatic rings. The Hall–Kier alpha value is -1.67. The molecule has 0 spiro atoms. The highest BCUT2D eigenvalue weighted by molar-refractivity contribution is 6.32. The van der Waals surface area contributed by atoms with Crippen molar-refractivity contribution in [2.75, 3.05) is 0 Å². The Morgan fingerprint density at radius 1 is 1.60 bits per heavy atom. The number of carboxylic acids is 1. The van der Waals surface area contributed by atoms with E-state index in [4.69, 9.17) is 16.7 Å². The van der Waals surface area contributed by atoms with E-state index in [1.165, 1.54) is 10.9 Å². The van der Waals surface area contributed by atoms with Crippen molar-refractivity contribution in [1.82, 2.24) is 9.78 Å². The molecule has 0 aromatic carbocycles. The number of halogens is 1. The molecule has 1 fully saturated rings. The van der Waals surface area contributed by atoms with Crippen molar-refractivity contribution in [3.63, 3.8) is 0 Å². The van der Waals surface area contributed by atoms with Gasteiger partial charge in [0.25, 0.3) is 0 Å². The van der Waals surface area contributed by atoms with Crippen LogP contribution in [0.5, 0.6) is 0 Å². The second-order valence-corrected chi connectivity index (χ2v) is 5.50. The first-order valence-electron chi connectivity index (χ1n) is 6.13. The zero-order chi connectivity index (χ0) is 14.9. The van der Waals surface area contributed by atoms with Gasteiger partial charge < -0.3 is 20.3 Å². The summed E-state index contributed by atoms with van der Waals surface area (Å²) in [6, 6.07) is 0. The molecular formula is C11H14ClN3O5. The van der Waals surface area contributed by atoms with E-state index in [1.807, 2.05) is 0 Å². The predicted octanol–water partition coefficient (Wildman–Crippen LogP) is 1.45. The number of nitro groups is 1. The Morgan fingerprint density at radius 3 is 2.65 bits per heavy atom. The maximum absolute atomic E-state index is 10.9. The third-order valence-corrected chi connectivity index (χ3v) is 3.86. The number of aliphatic carboxylic acids is 1. The Balaban J connectivity index is 2.05. The molecule has 8 nitrogen and oxygen atoms in total. The average Bonchev–Trinajstić information content (AvgIpc) is 2.70. The molecule has 1 aromatic heterocycles. The van der Waals surface area contributed by atoms with Crippen molar-refractivity contribution in [3.8, 4) is 0 Å². The van der Waals surface area contributed by atoms with Crippen molar-refractivity contribution in [2.45, 2.75) is 37.8 Å². The lowest BCUT2D eigenvalue weighted by Gasteiger charge is -2.33. The molecule has 0 unspecified atom stereocenters. The summed E-state index contributed by atoms with van der Waals surface area (Å²) >= 11 is 5.68. The predicted molar refractivity (Wildman–Crippen MR) is 68.4 cm³/mol. The first-order valence-corrected chi connectivity index (χ1v) is 6.51. The molecule has 1 aromatic rings. The van der Waals surface area contributed by atoms with Gasteiger partial charge in [0.05, 0.1) is 29.4 Å². The van der Waals surface area contributed by atoms with Crippen LogP contribution in [-0.4, -0.2) is 36.5 Å². The largest absolute Gasteiger partial charge is 0.481 e. The fraction of sp³-hybridized carbons (Fsp3) is 0.636. The molecule has 0 radical (unpaired) electrons. The van der Waals surface area contributed by atoms with Crippen LogP contribution in [0, 0.1) is 16.0 Å². The minimum Gasteiger partial charge on any atom is -0.481 e. The normalized spacial score (nSPS) is 26.4. The summed E-state index contributed by atoms with van der Waals surface area (Å²) in [7, 11) is 0.